The minimum absolute atomic E-state index is 0.0630. The molecule has 2 atom stereocenters. The maximum absolute atomic E-state index is 11.6. The van der Waals surface area contributed by atoms with Gasteiger partial charge in [0.15, 0.2) is 0 Å². The second-order valence-electron chi connectivity index (χ2n) is 3.82. The predicted octanol–water partition coefficient (Wildman–Crippen LogP) is -0.0787. The molecule has 86 valence electrons. The number of nitrogens with zero attached hydrogens (tertiary/aromatic N) is 1. The minimum Gasteiger partial charge on any atom is -0.467 e. The number of methoxy groups -OCH3 is 1. The summed E-state index contributed by atoms with van der Waals surface area (Å²) < 4.78 is 4.62. The molecule has 1 amide bonds. The molecule has 1 aliphatic rings. The fraction of sp³-hybridized carbons (Fsp3) is 0.800. The van der Waals surface area contributed by atoms with E-state index in [-0.39, 0.29) is 18.3 Å². The molecule has 0 aromatic rings. The summed E-state index contributed by atoms with van der Waals surface area (Å²) in [5.74, 6) is -0.552. The largest absolute Gasteiger partial charge is 0.467 e. The van der Waals surface area contributed by atoms with Crippen LogP contribution >= 0.6 is 0 Å². The van der Waals surface area contributed by atoms with E-state index >= 15 is 0 Å². The summed E-state index contributed by atoms with van der Waals surface area (Å²) in [5.41, 5.74) is 0. The van der Waals surface area contributed by atoms with Gasteiger partial charge in [0, 0.05) is 6.54 Å². The molecule has 1 saturated heterocycles. The van der Waals surface area contributed by atoms with Crippen molar-refractivity contribution in [2.24, 2.45) is 0 Å². The van der Waals surface area contributed by atoms with Crippen LogP contribution in [-0.4, -0.2) is 47.7 Å². The van der Waals surface area contributed by atoms with E-state index in [0.717, 1.165) is 6.42 Å². The Morgan fingerprint density at radius 3 is 2.80 bits per heavy atom. The number of ether oxygens (including phenoxy) is 1. The van der Waals surface area contributed by atoms with E-state index in [1.807, 2.05) is 0 Å². The molecule has 1 fully saturated rings. The molecule has 1 heterocycles. The van der Waals surface area contributed by atoms with E-state index in [1.165, 1.54) is 12.0 Å². The first-order valence-electron chi connectivity index (χ1n) is 5.11. The average molecular weight is 215 g/mol. The molecule has 0 aliphatic carbocycles. The Morgan fingerprint density at radius 2 is 2.27 bits per heavy atom. The van der Waals surface area contributed by atoms with E-state index < -0.39 is 12.1 Å². The second-order valence-corrected chi connectivity index (χ2v) is 3.82. The van der Waals surface area contributed by atoms with Gasteiger partial charge in [-0.2, -0.15) is 0 Å². The van der Waals surface area contributed by atoms with Gasteiger partial charge in [-0.25, -0.2) is 4.79 Å². The smallest absolute Gasteiger partial charge is 0.328 e. The van der Waals surface area contributed by atoms with Gasteiger partial charge >= 0.3 is 5.97 Å². The van der Waals surface area contributed by atoms with E-state index in [9.17, 15) is 9.59 Å². The summed E-state index contributed by atoms with van der Waals surface area (Å²) in [5, 5.41) is 9.10. The van der Waals surface area contributed by atoms with Crippen molar-refractivity contribution in [3.8, 4) is 0 Å². The molecule has 0 saturated carbocycles. The molecular weight excluding hydrogens is 198 g/mol. The Balaban J connectivity index is 2.60. The predicted molar refractivity (Wildman–Crippen MR) is 53.0 cm³/mol. The first-order valence-corrected chi connectivity index (χ1v) is 5.11. The van der Waals surface area contributed by atoms with Crippen molar-refractivity contribution in [3.63, 3.8) is 0 Å². The van der Waals surface area contributed by atoms with Crippen molar-refractivity contribution in [1.82, 2.24) is 4.90 Å². The quantitative estimate of drug-likeness (QED) is 0.669. The van der Waals surface area contributed by atoms with Gasteiger partial charge in [0.1, 0.15) is 6.04 Å². The van der Waals surface area contributed by atoms with E-state index in [2.05, 4.69) is 4.74 Å². The normalized spacial score (nSPS) is 22.6. The van der Waals surface area contributed by atoms with E-state index in [0.29, 0.717) is 13.0 Å². The fourth-order valence-electron chi connectivity index (χ4n) is 1.82. The lowest BCUT2D eigenvalue weighted by Gasteiger charge is -2.23. The molecule has 1 aliphatic heterocycles. The van der Waals surface area contributed by atoms with E-state index in [4.69, 9.17) is 5.11 Å². The first-order chi connectivity index (χ1) is 7.06. The Labute approximate surface area is 89.0 Å². The van der Waals surface area contributed by atoms with Crippen molar-refractivity contribution in [2.45, 2.75) is 38.3 Å². The van der Waals surface area contributed by atoms with Gasteiger partial charge < -0.3 is 14.7 Å². The third-order valence-electron chi connectivity index (χ3n) is 2.52. The van der Waals surface area contributed by atoms with Gasteiger partial charge in [-0.05, 0) is 19.8 Å². The highest BCUT2D eigenvalue weighted by Crippen LogP contribution is 2.19. The lowest BCUT2D eigenvalue weighted by atomic mass is 10.2. The number of aliphatic hydroxyl groups is 1. The van der Waals surface area contributed by atoms with Gasteiger partial charge in [0.2, 0.25) is 5.91 Å². The third kappa shape index (κ3) is 2.92. The van der Waals surface area contributed by atoms with Crippen molar-refractivity contribution >= 4 is 11.9 Å². The maximum Gasteiger partial charge on any atom is 0.328 e. The molecule has 0 radical (unpaired) electrons. The summed E-state index contributed by atoms with van der Waals surface area (Å²) in [6, 6.07) is -0.457. The van der Waals surface area contributed by atoms with Crippen molar-refractivity contribution in [2.75, 3.05) is 13.7 Å². The number of carbonyl (C=O) groups is 2. The maximum atomic E-state index is 11.6. The van der Waals surface area contributed by atoms with Crippen molar-refractivity contribution < 1.29 is 19.4 Å². The number of amides is 1. The van der Waals surface area contributed by atoms with Gasteiger partial charge in [-0.15, -0.1) is 0 Å². The van der Waals surface area contributed by atoms with E-state index in [1.54, 1.807) is 6.92 Å². The zero-order chi connectivity index (χ0) is 11.4. The standard InChI is InChI=1S/C10H17NO4/c1-7(12)6-9(13)11-5-3-4-8(11)10(14)15-2/h7-8,12H,3-6H2,1-2H3/t7?,8-/m1/s1. The number of carbonyl (C=O) groups excluding carboxylic acids is 2. The highest BCUT2D eigenvalue weighted by molar-refractivity contribution is 5.85. The van der Waals surface area contributed by atoms with Crippen LogP contribution in [0.15, 0.2) is 0 Å². The Kier molecular flexibility index (Phi) is 4.08. The number of likely N-dealkylation sites (tertiary alicyclic amines) is 1. The van der Waals surface area contributed by atoms with Crippen molar-refractivity contribution in [3.05, 3.63) is 0 Å². The Hall–Kier alpha value is -1.10. The Morgan fingerprint density at radius 1 is 1.60 bits per heavy atom. The first kappa shape index (κ1) is 12.0. The number of rotatable bonds is 3. The molecular formula is C10H17NO4. The van der Waals surface area contributed by atoms with Crippen LogP contribution in [0.1, 0.15) is 26.2 Å². The number of hydrogen-bond acceptors (Lipinski definition) is 4. The topological polar surface area (TPSA) is 66.8 Å². The highest BCUT2D eigenvalue weighted by atomic mass is 16.5. The highest BCUT2D eigenvalue weighted by Gasteiger charge is 2.34. The molecule has 1 N–H and O–H groups in total. The molecule has 5 nitrogen and oxygen atoms in total. The lowest BCUT2D eigenvalue weighted by Crippen LogP contribution is -2.41. The minimum atomic E-state index is -0.670. The summed E-state index contributed by atoms with van der Waals surface area (Å²) in [7, 11) is 1.32. The average Bonchev–Trinajstić information content (AvgIpc) is 2.63. The molecule has 0 bridgehead atoms. The lowest BCUT2D eigenvalue weighted by molar-refractivity contribution is -0.151. The zero-order valence-electron chi connectivity index (χ0n) is 9.10. The molecule has 1 rings (SSSR count). The summed E-state index contributed by atoms with van der Waals surface area (Å²) in [4.78, 5) is 24.5. The summed E-state index contributed by atoms with van der Waals surface area (Å²) >= 11 is 0. The van der Waals surface area contributed by atoms with Crippen molar-refractivity contribution in [1.29, 1.82) is 0 Å². The van der Waals surface area contributed by atoms with Crippen LogP contribution in [0.25, 0.3) is 0 Å². The number of esters is 1. The van der Waals surface area contributed by atoms with Crippen LogP contribution in [0.4, 0.5) is 0 Å². The summed E-state index contributed by atoms with van der Waals surface area (Å²) in [6.45, 7) is 2.13. The van der Waals surface area contributed by atoms with Gasteiger partial charge in [0.25, 0.3) is 0 Å². The van der Waals surface area contributed by atoms with Crippen LogP contribution in [-0.2, 0) is 14.3 Å². The van der Waals surface area contributed by atoms with Gasteiger partial charge in [-0.1, -0.05) is 0 Å². The van der Waals surface area contributed by atoms with Crippen LogP contribution in [0.3, 0.4) is 0 Å². The third-order valence-corrected chi connectivity index (χ3v) is 2.52. The molecule has 0 spiro atoms. The molecule has 0 aromatic carbocycles. The van der Waals surface area contributed by atoms with Crippen LogP contribution in [0, 0.1) is 0 Å². The van der Waals surface area contributed by atoms with Crippen LogP contribution in [0.2, 0.25) is 0 Å². The van der Waals surface area contributed by atoms with Gasteiger partial charge in [-0.3, -0.25) is 4.79 Å². The molecule has 0 aromatic heterocycles. The summed E-state index contributed by atoms with van der Waals surface area (Å²) in [6.07, 6.45) is 0.855. The molecule has 1 unspecified atom stereocenters. The number of hydrogen-bond donors (Lipinski definition) is 1. The molecule has 5 heteroatoms. The van der Waals surface area contributed by atoms with Crippen LogP contribution in [0.5, 0.6) is 0 Å². The Bertz CT molecular complexity index is 252. The van der Waals surface area contributed by atoms with Crippen LogP contribution < -0.4 is 0 Å². The zero-order valence-corrected chi connectivity index (χ0v) is 9.10. The second kappa shape index (κ2) is 5.11. The monoisotopic (exact) mass is 215 g/mol. The SMILES string of the molecule is COC(=O)[C@H]1CCCN1C(=O)CC(C)O. The molecule has 15 heavy (non-hydrogen) atoms. The fourth-order valence-corrected chi connectivity index (χ4v) is 1.82. The number of aliphatic hydroxyl groups excluding tert-OH is 1. The van der Waals surface area contributed by atoms with Gasteiger partial charge in [0.05, 0.1) is 19.6 Å².